The fourth-order valence-corrected chi connectivity index (χ4v) is 3.23. The molecule has 0 aromatic carbocycles. The second kappa shape index (κ2) is 4.77. The summed E-state index contributed by atoms with van der Waals surface area (Å²) < 4.78 is 15.4. The molecule has 1 aliphatic carbocycles. The molecule has 96 valence electrons. The van der Waals surface area contributed by atoms with Gasteiger partial charge in [0.25, 0.3) is 0 Å². The van der Waals surface area contributed by atoms with Crippen LogP contribution in [0.1, 0.15) is 40.5 Å². The zero-order chi connectivity index (χ0) is 12.6. The molecule has 4 nitrogen and oxygen atoms in total. The Morgan fingerprint density at radius 1 is 1.38 bits per heavy atom. The van der Waals surface area contributed by atoms with Crippen molar-refractivity contribution >= 4 is 7.82 Å². The number of phosphoric acid groups is 1. The van der Waals surface area contributed by atoms with Gasteiger partial charge in [-0.15, -0.1) is 0 Å². The second-order valence-electron chi connectivity index (χ2n) is 5.78. The van der Waals surface area contributed by atoms with E-state index in [-0.39, 0.29) is 12.0 Å². The Balaban J connectivity index is 2.58. The van der Waals surface area contributed by atoms with Crippen LogP contribution in [0.5, 0.6) is 0 Å². The van der Waals surface area contributed by atoms with Crippen molar-refractivity contribution in [2.45, 2.75) is 40.5 Å². The second-order valence-corrected chi connectivity index (χ2v) is 7.02. The van der Waals surface area contributed by atoms with E-state index in [9.17, 15) is 4.57 Å². The van der Waals surface area contributed by atoms with Crippen molar-refractivity contribution in [2.75, 3.05) is 6.61 Å². The van der Waals surface area contributed by atoms with E-state index in [0.29, 0.717) is 17.8 Å². The Labute approximate surface area is 97.6 Å². The number of hydrogen-bond acceptors (Lipinski definition) is 2. The average Bonchev–Trinajstić information content (AvgIpc) is 2.74. The van der Waals surface area contributed by atoms with Gasteiger partial charge in [0.2, 0.25) is 0 Å². The van der Waals surface area contributed by atoms with Crippen molar-refractivity contribution in [3.05, 3.63) is 0 Å². The highest BCUT2D eigenvalue weighted by molar-refractivity contribution is 7.46. The first-order valence-electron chi connectivity index (χ1n) is 5.86. The molecule has 0 aromatic heterocycles. The summed E-state index contributed by atoms with van der Waals surface area (Å²) in [6.45, 7) is 8.77. The molecule has 0 radical (unpaired) electrons. The van der Waals surface area contributed by atoms with Crippen LogP contribution < -0.4 is 0 Å². The van der Waals surface area contributed by atoms with Gasteiger partial charge >= 0.3 is 7.82 Å². The molecule has 1 fully saturated rings. The van der Waals surface area contributed by atoms with Crippen LogP contribution in [0.15, 0.2) is 0 Å². The Kier molecular flexibility index (Phi) is 4.23. The van der Waals surface area contributed by atoms with Gasteiger partial charge in [-0.25, -0.2) is 4.57 Å². The molecule has 1 rings (SSSR count). The van der Waals surface area contributed by atoms with Gasteiger partial charge in [0.1, 0.15) is 0 Å². The van der Waals surface area contributed by atoms with E-state index in [2.05, 4.69) is 27.7 Å². The van der Waals surface area contributed by atoms with Crippen molar-refractivity contribution in [2.24, 2.45) is 23.2 Å². The van der Waals surface area contributed by atoms with Crippen LogP contribution in [-0.2, 0) is 9.09 Å². The molecule has 5 heteroatoms. The molecule has 0 amide bonds. The molecule has 1 aliphatic rings. The minimum atomic E-state index is -4.32. The third kappa shape index (κ3) is 3.85. The summed E-state index contributed by atoms with van der Waals surface area (Å²) in [5.74, 6) is 1.63. The van der Waals surface area contributed by atoms with Crippen LogP contribution in [0.4, 0.5) is 0 Å². The highest BCUT2D eigenvalue weighted by Crippen LogP contribution is 2.61. The van der Waals surface area contributed by atoms with Crippen LogP contribution in [-0.4, -0.2) is 16.4 Å². The molecule has 0 spiro atoms. The van der Waals surface area contributed by atoms with E-state index in [1.807, 2.05) is 0 Å². The molecule has 0 aliphatic heterocycles. The Morgan fingerprint density at radius 2 is 1.94 bits per heavy atom. The van der Waals surface area contributed by atoms with Crippen molar-refractivity contribution in [3.8, 4) is 0 Å². The van der Waals surface area contributed by atoms with E-state index in [0.717, 1.165) is 12.8 Å². The van der Waals surface area contributed by atoms with Gasteiger partial charge in [-0.3, -0.25) is 4.52 Å². The standard InChI is InChI=1S/C11H23O4P/c1-8(2)5-11(6-10(11)9(3)4)7-15-16(12,13)14/h8-10H,5-7H2,1-4H3,(H2,12,13,14). The lowest BCUT2D eigenvalue weighted by molar-refractivity contribution is 0.135. The topological polar surface area (TPSA) is 66.8 Å². The van der Waals surface area contributed by atoms with E-state index < -0.39 is 7.82 Å². The average molecular weight is 250 g/mol. The van der Waals surface area contributed by atoms with Crippen molar-refractivity contribution in [1.82, 2.24) is 0 Å². The lowest BCUT2D eigenvalue weighted by atomic mass is 9.89. The minimum absolute atomic E-state index is 0.00343. The quantitative estimate of drug-likeness (QED) is 0.711. The maximum absolute atomic E-state index is 10.7. The van der Waals surface area contributed by atoms with Gasteiger partial charge in [0, 0.05) is 0 Å². The first kappa shape index (κ1) is 14.2. The Bertz CT molecular complexity index is 284. The van der Waals surface area contributed by atoms with Crippen LogP contribution >= 0.6 is 7.82 Å². The Morgan fingerprint density at radius 3 is 2.25 bits per heavy atom. The summed E-state index contributed by atoms with van der Waals surface area (Å²) in [6.07, 6.45) is 2.01. The maximum Gasteiger partial charge on any atom is 0.469 e. The first-order valence-corrected chi connectivity index (χ1v) is 7.39. The van der Waals surface area contributed by atoms with E-state index in [1.54, 1.807) is 0 Å². The summed E-state index contributed by atoms with van der Waals surface area (Å²) >= 11 is 0. The van der Waals surface area contributed by atoms with Gasteiger partial charge < -0.3 is 9.79 Å². The number of phosphoric ester groups is 1. The fraction of sp³-hybridized carbons (Fsp3) is 1.00. The third-order valence-corrected chi connectivity index (χ3v) is 3.86. The van der Waals surface area contributed by atoms with Crippen molar-refractivity contribution < 1.29 is 18.9 Å². The monoisotopic (exact) mass is 250 g/mol. The third-order valence-electron chi connectivity index (χ3n) is 3.39. The number of hydrogen-bond donors (Lipinski definition) is 2. The summed E-state index contributed by atoms with van der Waals surface area (Å²) in [4.78, 5) is 17.5. The van der Waals surface area contributed by atoms with Gasteiger partial charge in [-0.05, 0) is 36.0 Å². The van der Waals surface area contributed by atoms with Crippen molar-refractivity contribution in [1.29, 1.82) is 0 Å². The van der Waals surface area contributed by atoms with E-state index in [4.69, 9.17) is 14.3 Å². The number of rotatable bonds is 6. The predicted molar refractivity (Wildman–Crippen MR) is 62.8 cm³/mol. The molecule has 2 N–H and O–H groups in total. The Hall–Kier alpha value is 0.110. The predicted octanol–water partition coefficient (Wildman–Crippen LogP) is 2.80. The molecule has 2 unspecified atom stereocenters. The molecule has 0 heterocycles. The van der Waals surface area contributed by atoms with Crippen LogP contribution in [0, 0.1) is 23.2 Å². The highest BCUT2D eigenvalue weighted by atomic mass is 31.2. The molecule has 0 saturated heterocycles. The summed E-state index contributed by atoms with van der Waals surface area (Å²) in [6, 6.07) is 0. The lowest BCUT2D eigenvalue weighted by Gasteiger charge is -2.21. The normalized spacial score (nSPS) is 30.1. The molecule has 16 heavy (non-hydrogen) atoms. The van der Waals surface area contributed by atoms with Gasteiger partial charge in [-0.2, -0.15) is 0 Å². The van der Waals surface area contributed by atoms with E-state index in [1.165, 1.54) is 0 Å². The smallest absolute Gasteiger partial charge is 0.303 e. The summed E-state index contributed by atoms with van der Waals surface area (Å²) in [5.41, 5.74) is 0.00343. The van der Waals surface area contributed by atoms with Crippen molar-refractivity contribution in [3.63, 3.8) is 0 Å². The molecular weight excluding hydrogens is 227 g/mol. The van der Waals surface area contributed by atoms with Gasteiger partial charge in [0.05, 0.1) is 6.61 Å². The SMILES string of the molecule is CC(C)CC1(COP(=O)(O)O)CC1C(C)C. The van der Waals surface area contributed by atoms with E-state index >= 15 is 0 Å². The largest absolute Gasteiger partial charge is 0.469 e. The zero-order valence-corrected chi connectivity index (χ0v) is 11.4. The van der Waals surface area contributed by atoms with Crippen LogP contribution in [0.2, 0.25) is 0 Å². The lowest BCUT2D eigenvalue weighted by Crippen LogP contribution is -2.17. The molecular formula is C11H23O4P. The van der Waals surface area contributed by atoms with Gasteiger partial charge in [0.15, 0.2) is 0 Å². The minimum Gasteiger partial charge on any atom is -0.303 e. The zero-order valence-electron chi connectivity index (χ0n) is 10.5. The highest BCUT2D eigenvalue weighted by Gasteiger charge is 2.55. The first-order chi connectivity index (χ1) is 7.16. The molecule has 2 atom stereocenters. The summed E-state index contributed by atoms with van der Waals surface area (Å²) in [5, 5.41) is 0. The molecule has 0 bridgehead atoms. The van der Waals surface area contributed by atoms with Crippen LogP contribution in [0.25, 0.3) is 0 Å². The molecule has 0 aromatic rings. The molecule has 1 saturated carbocycles. The maximum atomic E-state index is 10.7. The van der Waals surface area contributed by atoms with Crippen LogP contribution in [0.3, 0.4) is 0 Å². The summed E-state index contributed by atoms with van der Waals surface area (Å²) in [7, 11) is -4.32. The van der Waals surface area contributed by atoms with Gasteiger partial charge in [-0.1, -0.05) is 27.7 Å². The fourth-order valence-electron chi connectivity index (χ4n) is 2.81.